The van der Waals surface area contributed by atoms with Crippen molar-refractivity contribution in [2.45, 2.75) is 25.4 Å². The van der Waals surface area contributed by atoms with E-state index in [2.05, 4.69) is 24.9 Å². The van der Waals surface area contributed by atoms with Gasteiger partial charge in [-0.1, -0.05) is 5.16 Å². The summed E-state index contributed by atoms with van der Waals surface area (Å²) in [5.74, 6) is 0.696. The minimum Gasteiger partial charge on any atom is -0.355 e. The van der Waals surface area contributed by atoms with Gasteiger partial charge in [-0.25, -0.2) is 0 Å². The number of carbonyl (C=O) groups excluding carboxylic acids is 1. The maximum absolute atomic E-state index is 10.3. The van der Waals surface area contributed by atoms with E-state index in [9.17, 15) is 4.79 Å². The van der Waals surface area contributed by atoms with Crippen LogP contribution >= 0.6 is 0 Å². The van der Waals surface area contributed by atoms with E-state index in [1.165, 1.54) is 6.39 Å². The Kier molecular flexibility index (Phi) is 3.29. The van der Waals surface area contributed by atoms with Gasteiger partial charge in [0, 0.05) is 12.6 Å². The van der Waals surface area contributed by atoms with Gasteiger partial charge in [-0.15, -0.1) is 0 Å². The van der Waals surface area contributed by atoms with Crippen LogP contribution in [0.4, 0.5) is 0 Å². The standard InChI is InChI=1S/C9H14N4O2/c14-6-10-8-2-1-3-13(4-8)5-9-11-7-15-12-9/h6-8H,1-5H2,(H,10,14). The second-order valence-electron chi connectivity index (χ2n) is 3.71. The molecule has 0 aromatic carbocycles. The molecule has 15 heavy (non-hydrogen) atoms. The molecule has 0 aliphatic carbocycles. The smallest absolute Gasteiger partial charge is 0.213 e. The number of piperidine rings is 1. The third kappa shape index (κ3) is 2.76. The molecule has 1 unspecified atom stereocenters. The molecule has 1 aromatic heterocycles. The number of carbonyl (C=O) groups is 1. The van der Waals surface area contributed by atoms with Crippen molar-refractivity contribution in [1.82, 2.24) is 20.4 Å². The molecule has 1 aliphatic heterocycles. The van der Waals surface area contributed by atoms with E-state index in [-0.39, 0.29) is 6.04 Å². The number of rotatable bonds is 4. The van der Waals surface area contributed by atoms with Crippen molar-refractivity contribution >= 4 is 6.41 Å². The molecule has 1 N–H and O–H groups in total. The Morgan fingerprint density at radius 1 is 1.73 bits per heavy atom. The van der Waals surface area contributed by atoms with E-state index < -0.39 is 0 Å². The maximum Gasteiger partial charge on any atom is 0.213 e. The molecule has 0 spiro atoms. The van der Waals surface area contributed by atoms with Crippen molar-refractivity contribution in [2.75, 3.05) is 13.1 Å². The Balaban J connectivity index is 1.84. The molecule has 1 amide bonds. The molecule has 82 valence electrons. The van der Waals surface area contributed by atoms with Crippen LogP contribution in [-0.2, 0) is 11.3 Å². The first-order valence-electron chi connectivity index (χ1n) is 5.06. The van der Waals surface area contributed by atoms with Crippen LogP contribution in [0.1, 0.15) is 18.7 Å². The Labute approximate surface area is 87.6 Å². The van der Waals surface area contributed by atoms with Gasteiger partial charge in [0.25, 0.3) is 0 Å². The van der Waals surface area contributed by atoms with Crippen molar-refractivity contribution in [1.29, 1.82) is 0 Å². The highest BCUT2D eigenvalue weighted by atomic mass is 16.5. The lowest BCUT2D eigenvalue weighted by molar-refractivity contribution is -0.110. The van der Waals surface area contributed by atoms with E-state index >= 15 is 0 Å². The van der Waals surface area contributed by atoms with Crippen LogP contribution in [0.2, 0.25) is 0 Å². The summed E-state index contributed by atoms with van der Waals surface area (Å²) in [6.45, 7) is 2.56. The normalized spacial score (nSPS) is 22.5. The summed E-state index contributed by atoms with van der Waals surface area (Å²) in [6, 6.07) is 0.253. The summed E-state index contributed by atoms with van der Waals surface area (Å²) in [4.78, 5) is 16.5. The maximum atomic E-state index is 10.3. The van der Waals surface area contributed by atoms with Crippen molar-refractivity contribution in [3.05, 3.63) is 12.2 Å². The molecule has 1 atom stereocenters. The lowest BCUT2D eigenvalue weighted by Gasteiger charge is -2.31. The minimum absolute atomic E-state index is 0.253. The number of aromatic nitrogens is 2. The second-order valence-corrected chi connectivity index (χ2v) is 3.71. The highest BCUT2D eigenvalue weighted by molar-refractivity contribution is 5.46. The van der Waals surface area contributed by atoms with E-state index in [4.69, 9.17) is 0 Å². The number of likely N-dealkylation sites (tertiary alicyclic amines) is 1. The van der Waals surface area contributed by atoms with Gasteiger partial charge < -0.3 is 9.84 Å². The predicted molar refractivity (Wildman–Crippen MR) is 51.8 cm³/mol. The summed E-state index contributed by atoms with van der Waals surface area (Å²) >= 11 is 0. The molecule has 6 heteroatoms. The van der Waals surface area contributed by atoms with Gasteiger partial charge in [-0.2, -0.15) is 4.98 Å². The van der Waals surface area contributed by atoms with Gasteiger partial charge in [0.05, 0.1) is 6.54 Å². The zero-order valence-corrected chi connectivity index (χ0v) is 8.43. The molecule has 1 saturated heterocycles. The topological polar surface area (TPSA) is 71.3 Å². The van der Waals surface area contributed by atoms with Gasteiger partial charge in [0.15, 0.2) is 5.82 Å². The first-order valence-corrected chi connectivity index (χ1v) is 5.06. The molecule has 6 nitrogen and oxygen atoms in total. The van der Waals surface area contributed by atoms with E-state index in [1.54, 1.807) is 0 Å². The van der Waals surface area contributed by atoms with Crippen LogP contribution < -0.4 is 5.32 Å². The summed E-state index contributed by atoms with van der Waals surface area (Å²) in [6.07, 6.45) is 4.23. The van der Waals surface area contributed by atoms with E-state index in [0.29, 0.717) is 12.4 Å². The van der Waals surface area contributed by atoms with Crippen molar-refractivity contribution in [3.63, 3.8) is 0 Å². The molecule has 2 heterocycles. The van der Waals surface area contributed by atoms with Crippen LogP contribution in [0, 0.1) is 0 Å². The Morgan fingerprint density at radius 3 is 3.40 bits per heavy atom. The molecule has 0 radical (unpaired) electrons. The average Bonchev–Trinajstić information content (AvgIpc) is 2.71. The van der Waals surface area contributed by atoms with E-state index in [1.807, 2.05) is 0 Å². The third-order valence-electron chi connectivity index (χ3n) is 2.58. The van der Waals surface area contributed by atoms with Crippen LogP contribution in [0.5, 0.6) is 0 Å². The predicted octanol–water partition coefficient (Wildman–Crippen LogP) is -0.220. The Bertz CT molecular complexity index is 301. The van der Waals surface area contributed by atoms with E-state index in [0.717, 1.165) is 32.3 Å². The first-order chi connectivity index (χ1) is 7.38. The van der Waals surface area contributed by atoms with Gasteiger partial charge >= 0.3 is 0 Å². The third-order valence-corrected chi connectivity index (χ3v) is 2.58. The first kappa shape index (κ1) is 10.1. The van der Waals surface area contributed by atoms with Crippen molar-refractivity contribution < 1.29 is 9.32 Å². The van der Waals surface area contributed by atoms with Crippen LogP contribution in [0.15, 0.2) is 10.9 Å². The summed E-state index contributed by atoms with van der Waals surface area (Å²) in [5.41, 5.74) is 0. The molecule has 0 bridgehead atoms. The molecular formula is C9H14N4O2. The number of amides is 1. The molecule has 1 aliphatic rings. The number of nitrogens with one attached hydrogen (secondary N) is 1. The fourth-order valence-electron chi connectivity index (χ4n) is 1.89. The highest BCUT2D eigenvalue weighted by Gasteiger charge is 2.20. The number of hydrogen-bond donors (Lipinski definition) is 1. The fraction of sp³-hybridized carbons (Fsp3) is 0.667. The lowest BCUT2D eigenvalue weighted by atomic mass is 10.1. The summed E-state index contributed by atoms with van der Waals surface area (Å²) in [5, 5.41) is 6.57. The molecule has 1 fully saturated rings. The molecule has 0 saturated carbocycles. The molecular weight excluding hydrogens is 196 g/mol. The lowest BCUT2D eigenvalue weighted by Crippen LogP contribution is -2.44. The van der Waals surface area contributed by atoms with Gasteiger partial charge in [0.1, 0.15) is 0 Å². The van der Waals surface area contributed by atoms with Crippen molar-refractivity contribution in [2.24, 2.45) is 0 Å². The second kappa shape index (κ2) is 4.88. The van der Waals surface area contributed by atoms with Gasteiger partial charge in [-0.3, -0.25) is 9.69 Å². The highest BCUT2D eigenvalue weighted by Crippen LogP contribution is 2.11. The quantitative estimate of drug-likeness (QED) is 0.696. The largest absolute Gasteiger partial charge is 0.355 e. The fourth-order valence-corrected chi connectivity index (χ4v) is 1.89. The number of nitrogens with zero attached hydrogens (tertiary/aromatic N) is 3. The summed E-state index contributed by atoms with van der Waals surface area (Å²) < 4.78 is 4.67. The van der Waals surface area contributed by atoms with Crippen LogP contribution in [-0.4, -0.2) is 40.6 Å². The number of hydrogen-bond acceptors (Lipinski definition) is 5. The Hall–Kier alpha value is -1.43. The zero-order chi connectivity index (χ0) is 10.5. The average molecular weight is 210 g/mol. The molecule has 2 rings (SSSR count). The Morgan fingerprint density at radius 2 is 2.67 bits per heavy atom. The minimum atomic E-state index is 0.253. The van der Waals surface area contributed by atoms with Crippen LogP contribution in [0.3, 0.4) is 0 Å². The van der Waals surface area contributed by atoms with Crippen LogP contribution in [0.25, 0.3) is 0 Å². The SMILES string of the molecule is O=CNC1CCCN(Cc2ncon2)C1. The van der Waals surface area contributed by atoms with Gasteiger partial charge in [0.2, 0.25) is 12.8 Å². The summed E-state index contributed by atoms with van der Waals surface area (Å²) in [7, 11) is 0. The van der Waals surface area contributed by atoms with Gasteiger partial charge in [-0.05, 0) is 19.4 Å². The zero-order valence-electron chi connectivity index (χ0n) is 8.43. The molecule has 1 aromatic rings. The van der Waals surface area contributed by atoms with Crippen molar-refractivity contribution in [3.8, 4) is 0 Å². The monoisotopic (exact) mass is 210 g/mol.